The maximum Gasteiger partial charge on any atom is 0.257 e. The van der Waals surface area contributed by atoms with Crippen molar-refractivity contribution in [3.8, 4) is 0 Å². The van der Waals surface area contributed by atoms with Crippen LogP contribution < -0.4 is 11.1 Å². The van der Waals surface area contributed by atoms with Gasteiger partial charge in [-0.3, -0.25) is 4.79 Å². The Morgan fingerprint density at radius 3 is 2.47 bits per heavy atom. The highest BCUT2D eigenvalue weighted by Crippen LogP contribution is 2.19. The second-order valence-electron chi connectivity index (χ2n) is 3.55. The zero-order valence-corrected chi connectivity index (χ0v) is 9.74. The van der Waals surface area contributed by atoms with Gasteiger partial charge in [-0.2, -0.15) is 0 Å². The van der Waals surface area contributed by atoms with Crippen molar-refractivity contribution in [3.05, 3.63) is 59.1 Å². The van der Waals surface area contributed by atoms with Crippen LogP contribution in [0.3, 0.4) is 0 Å². The van der Waals surface area contributed by atoms with E-state index in [1.165, 1.54) is 0 Å². The molecule has 0 saturated heterocycles. The van der Waals surface area contributed by atoms with Gasteiger partial charge in [-0.15, -0.1) is 0 Å². The number of hydrogen-bond donors (Lipinski definition) is 2. The number of para-hydroxylation sites is 1. The Balaban J connectivity index is 2.21. The third-order valence-corrected chi connectivity index (χ3v) is 2.52. The van der Waals surface area contributed by atoms with E-state index >= 15 is 0 Å². The molecule has 0 aliphatic heterocycles. The number of carbonyl (C=O) groups excluding carboxylic acids is 1. The van der Waals surface area contributed by atoms with Crippen LogP contribution in [0.1, 0.15) is 10.4 Å². The zero-order valence-electron chi connectivity index (χ0n) is 8.98. The van der Waals surface area contributed by atoms with E-state index in [0.717, 1.165) is 5.69 Å². The molecule has 0 atom stereocenters. The fourth-order valence-electron chi connectivity index (χ4n) is 1.46. The quantitative estimate of drug-likeness (QED) is 0.800. The maximum absolute atomic E-state index is 11.9. The van der Waals surface area contributed by atoms with Crippen molar-refractivity contribution < 1.29 is 4.79 Å². The first kappa shape index (κ1) is 11.5. The zero-order chi connectivity index (χ0) is 12.3. The van der Waals surface area contributed by atoms with E-state index < -0.39 is 0 Å². The topological polar surface area (TPSA) is 55.1 Å². The Kier molecular flexibility index (Phi) is 3.30. The van der Waals surface area contributed by atoms with Gasteiger partial charge < -0.3 is 11.1 Å². The molecular formula is C13H11ClN2O. The number of halogens is 1. The van der Waals surface area contributed by atoms with E-state index in [1.807, 2.05) is 30.3 Å². The van der Waals surface area contributed by atoms with Crippen molar-refractivity contribution in [3.63, 3.8) is 0 Å². The van der Waals surface area contributed by atoms with Crippen LogP contribution in [0.2, 0.25) is 5.02 Å². The molecule has 0 saturated carbocycles. The summed E-state index contributed by atoms with van der Waals surface area (Å²) in [5, 5.41) is 3.27. The second-order valence-corrected chi connectivity index (χ2v) is 3.99. The van der Waals surface area contributed by atoms with Crippen molar-refractivity contribution in [1.29, 1.82) is 0 Å². The van der Waals surface area contributed by atoms with Crippen molar-refractivity contribution in [2.45, 2.75) is 0 Å². The predicted octanol–water partition coefficient (Wildman–Crippen LogP) is 3.17. The minimum absolute atomic E-state index is 0.245. The highest BCUT2D eigenvalue weighted by molar-refractivity contribution is 6.31. The summed E-state index contributed by atoms with van der Waals surface area (Å²) in [7, 11) is 0. The minimum Gasteiger partial charge on any atom is -0.398 e. The van der Waals surface area contributed by atoms with Crippen LogP contribution in [0.15, 0.2) is 48.5 Å². The van der Waals surface area contributed by atoms with Crippen LogP contribution in [-0.4, -0.2) is 5.91 Å². The Morgan fingerprint density at radius 2 is 1.82 bits per heavy atom. The first-order chi connectivity index (χ1) is 8.16. The molecule has 2 aromatic carbocycles. The van der Waals surface area contributed by atoms with Crippen LogP contribution in [0.4, 0.5) is 11.4 Å². The molecular weight excluding hydrogens is 236 g/mol. The molecule has 86 valence electrons. The lowest BCUT2D eigenvalue weighted by Gasteiger charge is -2.07. The van der Waals surface area contributed by atoms with Gasteiger partial charge in [0.15, 0.2) is 0 Å². The van der Waals surface area contributed by atoms with Gasteiger partial charge in [0.25, 0.3) is 5.91 Å². The van der Waals surface area contributed by atoms with Crippen LogP contribution >= 0.6 is 11.6 Å². The van der Waals surface area contributed by atoms with Gasteiger partial charge >= 0.3 is 0 Å². The predicted molar refractivity (Wildman–Crippen MR) is 70.3 cm³/mol. The number of benzene rings is 2. The van der Waals surface area contributed by atoms with Gasteiger partial charge in [0, 0.05) is 16.4 Å². The molecule has 0 spiro atoms. The summed E-state index contributed by atoms with van der Waals surface area (Å²) >= 11 is 5.77. The SMILES string of the molecule is Nc1cc(Cl)ccc1C(=O)Nc1ccccc1. The molecule has 0 aromatic heterocycles. The van der Waals surface area contributed by atoms with Gasteiger partial charge in [-0.25, -0.2) is 0 Å². The summed E-state index contributed by atoms with van der Waals surface area (Å²) in [5.41, 5.74) is 7.24. The lowest BCUT2D eigenvalue weighted by Crippen LogP contribution is -2.13. The molecule has 4 heteroatoms. The highest BCUT2D eigenvalue weighted by Gasteiger charge is 2.09. The number of nitrogen functional groups attached to an aromatic ring is 1. The van der Waals surface area contributed by atoms with Crippen molar-refractivity contribution >= 4 is 28.9 Å². The van der Waals surface area contributed by atoms with Gasteiger partial charge in [-0.05, 0) is 30.3 Å². The van der Waals surface area contributed by atoms with Crippen LogP contribution in [0.25, 0.3) is 0 Å². The average molecular weight is 247 g/mol. The van der Waals surface area contributed by atoms with E-state index in [2.05, 4.69) is 5.32 Å². The standard InChI is InChI=1S/C13H11ClN2O/c14-9-6-7-11(12(15)8-9)13(17)16-10-4-2-1-3-5-10/h1-8H,15H2,(H,16,17). The van der Waals surface area contributed by atoms with Gasteiger partial charge in [-0.1, -0.05) is 29.8 Å². The van der Waals surface area contributed by atoms with Crippen LogP contribution in [0, 0.1) is 0 Å². The van der Waals surface area contributed by atoms with Crippen molar-refractivity contribution in [2.75, 3.05) is 11.1 Å². The molecule has 0 fully saturated rings. The molecule has 0 unspecified atom stereocenters. The van der Waals surface area contributed by atoms with Gasteiger partial charge in [0.05, 0.1) is 5.56 Å². The van der Waals surface area contributed by atoms with Gasteiger partial charge in [0.2, 0.25) is 0 Å². The summed E-state index contributed by atoms with van der Waals surface area (Å²) in [6.07, 6.45) is 0. The number of anilines is 2. The van der Waals surface area contributed by atoms with Gasteiger partial charge in [0.1, 0.15) is 0 Å². The number of rotatable bonds is 2. The summed E-state index contributed by atoms with van der Waals surface area (Å²) in [5.74, 6) is -0.245. The van der Waals surface area contributed by atoms with Crippen molar-refractivity contribution in [2.24, 2.45) is 0 Å². The molecule has 3 N–H and O–H groups in total. The number of nitrogens with two attached hydrogens (primary N) is 1. The number of hydrogen-bond acceptors (Lipinski definition) is 2. The maximum atomic E-state index is 11.9. The number of nitrogens with one attached hydrogen (secondary N) is 1. The number of carbonyl (C=O) groups is 1. The third kappa shape index (κ3) is 2.77. The second kappa shape index (κ2) is 4.89. The van der Waals surface area contributed by atoms with E-state index in [1.54, 1.807) is 18.2 Å². The summed E-state index contributed by atoms with van der Waals surface area (Å²) in [6, 6.07) is 14.0. The van der Waals surface area contributed by atoms with E-state index in [9.17, 15) is 4.79 Å². The lowest BCUT2D eigenvalue weighted by atomic mass is 10.1. The average Bonchev–Trinajstić information content (AvgIpc) is 2.30. The Labute approximate surface area is 104 Å². The van der Waals surface area contributed by atoms with E-state index in [0.29, 0.717) is 16.3 Å². The van der Waals surface area contributed by atoms with Crippen LogP contribution in [0.5, 0.6) is 0 Å². The summed E-state index contributed by atoms with van der Waals surface area (Å²) < 4.78 is 0. The van der Waals surface area contributed by atoms with Crippen molar-refractivity contribution in [1.82, 2.24) is 0 Å². The fraction of sp³-hybridized carbons (Fsp3) is 0. The monoisotopic (exact) mass is 246 g/mol. The Morgan fingerprint density at radius 1 is 1.12 bits per heavy atom. The molecule has 3 nitrogen and oxygen atoms in total. The third-order valence-electron chi connectivity index (χ3n) is 2.29. The van der Waals surface area contributed by atoms with E-state index in [4.69, 9.17) is 17.3 Å². The summed E-state index contributed by atoms with van der Waals surface area (Å²) in [6.45, 7) is 0. The molecule has 0 aliphatic rings. The fourth-order valence-corrected chi connectivity index (χ4v) is 1.64. The summed E-state index contributed by atoms with van der Waals surface area (Å²) in [4.78, 5) is 11.9. The number of amides is 1. The molecule has 2 rings (SSSR count). The first-order valence-corrected chi connectivity index (χ1v) is 5.46. The Hall–Kier alpha value is -2.00. The minimum atomic E-state index is -0.245. The molecule has 0 aliphatic carbocycles. The molecule has 17 heavy (non-hydrogen) atoms. The molecule has 0 bridgehead atoms. The van der Waals surface area contributed by atoms with E-state index in [-0.39, 0.29) is 5.91 Å². The lowest BCUT2D eigenvalue weighted by molar-refractivity contribution is 0.102. The molecule has 0 heterocycles. The molecule has 0 radical (unpaired) electrons. The Bertz CT molecular complexity index is 540. The first-order valence-electron chi connectivity index (χ1n) is 5.08. The molecule has 2 aromatic rings. The normalized spacial score (nSPS) is 9.94. The molecule has 1 amide bonds. The highest BCUT2D eigenvalue weighted by atomic mass is 35.5. The van der Waals surface area contributed by atoms with Crippen LogP contribution in [-0.2, 0) is 0 Å². The smallest absolute Gasteiger partial charge is 0.257 e. The largest absolute Gasteiger partial charge is 0.398 e.